The fourth-order valence-electron chi connectivity index (χ4n) is 3.97. The Hall–Kier alpha value is -3.76. The van der Waals surface area contributed by atoms with Gasteiger partial charge in [-0.05, 0) is 36.2 Å². The van der Waals surface area contributed by atoms with Crippen molar-refractivity contribution < 1.29 is 9.53 Å². The Balaban J connectivity index is 1.26. The second-order valence-corrected chi connectivity index (χ2v) is 8.49. The second kappa shape index (κ2) is 7.43. The molecule has 160 valence electrons. The van der Waals surface area contributed by atoms with Gasteiger partial charge in [-0.15, -0.1) is 10.2 Å². The summed E-state index contributed by atoms with van der Waals surface area (Å²) in [7, 11) is 0. The van der Waals surface area contributed by atoms with Crippen molar-refractivity contribution in [1.29, 1.82) is 0 Å². The molecule has 5 N–H and O–H groups in total. The number of hydrogen-bond acceptors (Lipinski definition) is 7. The number of amides is 1. The smallest absolute Gasteiger partial charge is 0.262 e. The third-order valence-corrected chi connectivity index (χ3v) is 6.37. The van der Waals surface area contributed by atoms with E-state index in [1.165, 1.54) is 11.8 Å². The first kappa shape index (κ1) is 19.0. The molecule has 0 fully saturated rings. The molecule has 4 heterocycles. The van der Waals surface area contributed by atoms with E-state index in [-0.39, 0.29) is 18.6 Å². The van der Waals surface area contributed by atoms with Crippen molar-refractivity contribution in [2.24, 2.45) is 5.73 Å². The van der Waals surface area contributed by atoms with Gasteiger partial charge in [0, 0.05) is 28.1 Å². The first-order valence-electron chi connectivity index (χ1n) is 10.1. The molecule has 0 aliphatic carbocycles. The van der Waals surface area contributed by atoms with Gasteiger partial charge < -0.3 is 20.8 Å². The van der Waals surface area contributed by atoms with Gasteiger partial charge in [-0.1, -0.05) is 30.0 Å². The Morgan fingerprint density at radius 2 is 2.12 bits per heavy atom. The molecule has 1 amide bonds. The van der Waals surface area contributed by atoms with E-state index in [0.717, 1.165) is 27.7 Å². The van der Waals surface area contributed by atoms with Crippen LogP contribution in [0.2, 0.25) is 0 Å². The van der Waals surface area contributed by atoms with Crippen molar-refractivity contribution in [2.45, 2.75) is 17.6 Å². The molecule has 0 radical (unpaired) electrons. The first-order valence-corrected chi connectivity index (χ1v) is 11.0. The van der Waals surface area contributed by atoms with E-state index >= 15 is 0 Å². The second-order valence-electron chi connectivity index (χ2n) is 7.66. The van der Waals surface area contributed by atoms with Crippen LogP contribution in [0.5, 0.6) is 5.75 Å². The van der Waals surface area contributed by atoms with E-state index in [2.05, 4.69) is 32.0 Å². The number of fused-ring (bicyclic) bond motifs is 3. The summed E-state index contributed by atoms with van der Waals surface area (Å²) in [5, 5.41) is 15.3. The van der Waals surface area contributed by atoms with Crippen LogP contribution in [-0.4, -0.2) is 32.4 Å². The molecular formula is C22H19N7O2S. The van der Waals surface area contributed by atoms with Crippen molar-refractivity contribution in [1.82, 2.24) is 19.9 Å². The summed E-state index contributed by atoms with van der Waals surface area (Å²) in [5.74, 6) is 1.14. The lowest BCUT2D eigenvalue weighted by Crippen LogP contribution is -2.26. The maximum absolute atomic E-state index is 11.7. The Labute approximate surface area is 187 Å². The Morgan fingerprint density at radius 1 is 1.22 bits per heavy atom. The number of aromatic nitrogens is 4. The van der Waals surface area contributed by atoms with Crippen LogP contribution in [0, 0.1) is 0 Å². The highest BCUT2D eigenvalue weighted by molar-refractivity contribution is 8.02. The molecule has 2 aliphatic rings. The molecule has 0 saturated carbocycles. The number of nitrogens with two attached hydrogens (primary N) is 1. The minimum Gasteiger partial charge on any atom is -0.482 e. The van der Waals surface area contributed by atoms with Gasteiger partial charge in [0.15, 0.2) is 12.4 Å². The van der Waals surface area contributed by atoms with E-state index in [4.69, 9.17) is 10.5 Å². The topological polar surface area (TPSA) is 123 Å². The number of carbonyl (C=O) groups excluding carboxylic acids is 1. The predicted octanol–water partition coefficient (Wildman–Crippen LogP) is 2.98. The molecule has 4 aromatic rings. The fourth-order valence-corrected chi connectivity index (χ4v) is 4.72. The van der Waals surface area contributed by atoms with Gasteiger partial charge in [-0.3, -0.25) is 10.2 Å². The van der Waals surface area contributed by atoms with Gasteiger partial charge in [0.2, 0.25) is 5.16 Å². The van der Waals surface area contributed by atoms with Gasteiger partial charge in [0.05, 0.1) is 17.4 Å². The number of nitrogens with one attached hydrogen (secondary N) is 3. The highest BCUT2D eigenvalue weighted by Crippen LogP contribution is 2.34. The van der Waals surface area contributed by atoms with Crippen LogP contribution in [0.3, 0.4) is 0 Å². The molecule has 6 rings (SSSR count). The van der Waals surface area contributed by atoms with Gasteiger partial charge in [-0.2, -0.15) is 0 Å². The summed E-state index contributed by atoms with van der Waals surface area (Å²) in [4.78, 5) is 15.0. The molecule has 0 spiro atoms. The quantitative estimate of drug-likeness (QED) is 0.381. The minimum absolute atomic E-state index is 0.0326. The third kappa shape index (κ3) is 3.20. The average molecular weight is 446 g/mol. The zero-order valence-electron chi connectivity index (χ0n) is 16.8. The Bertz CT molecular complexity index is 1390. The molecule has 0 unspecified atom stereocenters. The normalized spacial score (nSPS) is 15.8. The van der Waals surface area contributed by atoms with E-state index in [0.29, 0.717) is 28.8 Å². The first-order chi connectivity index (χ1) is 15.7. The molecule has 2 aromatic heterocycles. The van der Waals surface area contributed by atoms with Crippen LogP contribution in [0.25, 0.3) is 16.6 Å². The van der Waals surface area contributed by atoms with Crippen LogP contribution in [-0.2, 0) is 11.2 Å². The fraction of sp³-hybridized carbons (Fsp3) is 0.136. The van der Waals surface area contributed by atoms with Gasteiger partial charge in [0.1, 0.15) is 5.75 Å². The molecule has 0 bridgehead atoms. The number of rotatable bonds is 4. The SMILES string of the molecule is N[C@@H](Cc1c[nH]c2ccccc12)c1nnc2n1NC(c1ccc3c(c1)NC(=O)CO3)=CS2. The molecule has 2 aromatic carbocycles. The molecule has 2 aliphatic heterocycles. The summed E-state index contributed by atoms with van der Waals surface area (Å²) in [6.45, 7) is 0.0326. The van der Waals surface area contributed by atoms with E-state index in [9.17, 15) is 4.79 Å². The van der Waals surface area contributed by atoms with Gasteiger partial charge >= 0.3 is 0 Å². The lowest BCUT2D eigenvalue weighted by Gasteiger charge is -2.23. The van der Waals surface area contributed by atoms with Crippen LogP contribution in [0.15, 0.2) is 59.2 Å². The predicted molar refractivity (Wildman–Crippen MR) is 123 cm³/mol. The lowest BCUT2D eigenvalue weighted by atomic mass is 10.1. The highest BCUT2D eigenvalue weighted by atomic mass is 32.2. The van der Waals surface area contributed by atoms with E-state index < -0.39 is 0 Å². The molecule has 1 atom stereocenters. The van der Waals surface area contributed by atoms with Gasteiger partial charge in [0.25, 0.3) is 5.91 Å². The van der Waals surface area contributed by atoms with E-state index in [1.807, 2.05) is 52.7 Å². The number of para-hydroxylation sites is 1. The van der Waals surface area contributed by atoms with Crippen molar-refractivity contribution >= 4 is 40.0 Å². The summed E-state index contributed by atoms with van der Waals surface area (Å²) in [6.07, 6.45) is 2.62. The van der Waals surface area contributed by atoms with Crippen molar-refractivity contribution in [3.63, 3.8) is 0 Å². The summed E-state index contributed by atoms with van der Waals surface area (Å²) in [5.41, 5.74) is 14.6. The number of hydrogen-bond donors (Lipinski definition) is 4. The monoisotopic (exact) mass is 445 g/mol. The number of benzene rings is 2. The molecule has 32 heavy (non-hydrogen) atoms. The van der Waals surface area contributed by atoms with Crippen molar-refractivity contribution in [3.8, 4) is 5.75 Å². The van der Waals surface area contributed by atoms with Crippen LogP contribution in [0.4, 0.5) is 5.69 Å². The van der Waals surface area contributed by atoms with Crippen molar-refractivity contribution in [2.75, 3.05) is 17.3 Å². The number of aromatic amines is 1. The summed E-state index contributed by atoms with van der Waals surface area (Å²) >= 11 is 1.46. The zero-order valence-corrected chi connectivity index (χ0v) is 17.6. The third-order valence-electron chi connectivity index (χ3n) is 5.54. The maximum atomic E-state index is 11.7. The maximum Gasteiger partial charge on any atom is 0.262 e. The Morgan fingerprint density at radius 3 is 3.06 bits per heavy atom. The number of anilines is 1. The highest BCUT2D eigenvalue weighted by Gasteiger charge is 2.24. The number of H-pyrrole nitrogens is 1. The molecular weight excluding hydrogens is 426 g/mol. The average Bonchev–Trinajstić information content (AvgIpc) is 3.42. The summed E-state index contributed by atoms with van der Waals surface area (Å²) in [6, 6.07) is 13.5. The van der Waals surface area contributed by atoms with Crippen LogP contribution in [0.1, 0.15) is 23.0 Å². The number of carbonyl (C=O) groups is 1. The molecule has 0 saturated heterocycles. The standard InChI is InChI=1S/C22H19N7O2S/c23-15(7-13-9-24-16-4-2-1-3-14(13)16)21-26-27-22-29(21)28-18(11-32-22)12-5-6-19-17(8-12)25-20(30)10-31-19/h1-6,8-9,11,15,24,28H,7,10,23H2,(H,25,30)/t15-/m0/s1. The lowest BCUT2D eigenvalue weighted by molar-refractivity contribution is -0.118. The van der Waals surface area contributed by atoms with Crippen LogP contribution < -0.4 is 21.2 Å². The largest absolute Gasteiger partial charge is 0.482 e. The van der Waals surface area contributed by atoms with E-state index in [1.54, 1.807) is 0 Å². The Kier molecular flexibility index (Phi) is 4.40. The van der Waals surface area contributed by atoms with Gasteiger partial charge in [-0.25, -0.2) is 4.68 Å². The summed E-state index contributed by atoms with van der Waals surface area (Å²) < 4.78 is 7.28. The number of nitrogens with zero attached hydrogens (tertiary/aromatic N) is 3. The number of thioether (sulfide) groups is 1. The molecule has 10 heteroatoms. The zero-order chi connectivity index (χ0) is 21.7. The van der Waals surface area contributed by atoms with Crippen molar-refractivity contribution in [3.05, 3.63) is 71.0 Å². The minimum atomic E-state index is -0.348. The number of ether oxygens (including phenoxy) is 1. The molecule has 9 nitrogen and oxygen atoms in total. The van der Waals surface area contributed by atoms with Crippen LogP contribution >= 0.6 is 11.8 Å².